The van der Waals surface area contributed by atoms with Gasteiger partial charge >= 0.3 is 5.97 Å². The number of fused-ring (bicyclic) bond motifs is 1. The van der Waals surface area contributed by atoms with Crippen LogP contribution in [0.5, 0.6) is 0 Å². The van der Waals surface area contributed by atoms with Crippen LogP contribution in [0.1, 0.15) is 5.69 Å². The summed E-state index contributed by atoms with van der Waals surface area (Å²) in [7, 11) is 1.66. The fourth-order valence-electron chi connectivity index (χ4n) is 4.02. The van der Waals surface area contributed by atoms with Gasteiger partial charge in [-0.25, -0.2) is 14.5 Å². The van der Waals surface area contributed by atoms with E-state index in [-0.39, 0.29) is 28.0 Å². The first-order valence-electron chi connectivity index (χ1n) is 12.1. The number of nitrogens with zero attached hydrogens (tertiary/aromatic N) is 7. The van der Waals surface area contributed by atoms with E-state index in [9.17, 15) is 24.3 Å². The summed E-state index contributed by atoms with van der Waals surface area (Å²) in [5.74, 6) is -2.71. The number of carboxylic acids is 1. The Morgan fingerprint density at radius 3 is 2.84 bits per heavy atom. The summed E-state index contributed by atoms with van der Waals surface area (Å²) in [5.41, 5.74) is 6.29. The van der Waals surface area contributed by atoms with Crippen LogP contribution in [0.2, 0.25) is 5.02 Å². The zero-order valence-electron chi connectivity index (χ0n) is 22.0. The van der Waals surface area contributed by atoms with E-state index in [1.54, 1.807) is 31.3 Å². The van der Waals surface area contributed by atoms with Crippen molar-refractivity contribution >= 4 is 86.7 Å². The first-order valence-corrected chi connectivity index (χ1v) is 15.4. The maximum absolute atomic E-state index is 13.3. The number of thioether (sulfide) groups is 2. The predicted octanol–water partition coefficient (Wildman–Crippen LogP) is 0.793. The minimum Gasteiger partial charge on any atom is -0.477 e. The molecule has 43 heavy (non-hydrogen) atoms. The van der Waals surface area contributed by atoms with Gasteiger partial charge in [-0.15, -0.1) is 28.2 Å². The van der Waals surface area contributed by atoms with Gasteiger partial charge in [0.25, 0.3) is 17.7 Å². The second-order valence-corrected chi connectivity index (χ2v) is 12.2. The third-order valence-electron chi connectivity index (χ3n) is 5.93. The first kappa shape index (κ1) is 30.3. The minimum atomic E-state index is -1.26. The molecular formula is C23H21ClN10O6S3. The number of anilines is 2. The molecule has 3 amide bonds. The Hall–Kier alpha value is -4.20. The Labute approximate surface area is 260 Å². The molecular weight excluding hydrogens is 644 g/mol. The van der Waals surface area contributed by atoms with Crippen LogP contribution in [0.4, 0.5) is 10.8 Å². The summed E-state index contributed by atoms with van der Waals surface area (Å²) in [6.07, 6.45) is 0. The van der Waals surface area contributed by atoms with Gasteiger partial charge in [-0.1, -0.05) is 34.6 Å². The number of hydrogen-bond acceptors (Lipinski definition) is 14. The van der Waals surface area contributed by atoms with Gasteiger partial charge in [0.05, 0.1) is 0 Å². The van der Waals surface area contributed by atoms with E-state index in [0.29, 0.717) is 27.2 Å². The van der Waals surface area contributed by atoms with Crippen LogP contribution >= 0.6 is 46.5 Å². The molecule has 5 N–H and O–H groups in total. The highest BCUT2D eigenvalue weighted by molar-refractivity contribution is 8.01. The quantitative estimate of drug-likeness (QED) is 0.0965. The number of carbonyl (C=O) groups excluding carboxylic acids is 3. The van der Waals surface area contributed by atoms with E-state index >= 15 is 0 Å². The SMILES string of the molecule is Cn1nnnc1SCC1=C(C(=O)O)N2C(=O)C(NC(=O)C(=NOCC(=O)Nc3cccc(Cl)c3)c3csc(N)n3)[C@@H]2SC1. The zero-order valence-corrected chi connectivity index (χ0v) is 25.2. The molecule has 1 aromatic carbocycles. The molecule has 1 unspecified atom stereocenters. The van der Waals surface area contributed by atoms with Crippen LogP contribution in [0, 0.1) is 0 Å². The number of oxime groups is 1. The second kappa shape index (κ2) is 13.0. The van der Waals surface area contributed by atoms with Crippen molar-refractivity contribution in [2.45, 2.75) is 16.6 Å². The number of thiazole rings is 1. The number of benzene rings is 1. The zero-order chi connectivity index (χ0) is 30.7. The number of carbonyl (C=O) groups is 4. The number of aromatic nitrogens is 5. The number of carboxylic acid groups (broad SMARTS) is 1. The molecule has 0 radical (unpaired) electrons. The van der Waals surface area contributed by atoms with Crippen molar-refractivity contribution in [1.82, 2.24) is 35.4 Å². The van der Waals surface area contributed by atoms with Crippen LogP contribution in [-0.2, 0) is 31.1 Å². The molecule has 0 saturated carbocycles. The van der Waals surface area contributed by atoms with Crippen molar-refractivity contribution in [2.75, 3.05) is 29.2 Å². The standard InChI is InChI=1S/C23H21ClN10O6S3/c1-33-23(29-31-32-33)43-8-10-7-41-20-16(19(37)34(20)17(10)21(38)39)28-18(36)15(13-9-42-22(25)27-13)30-40-6-14(35)26-12-4-2-3-11(24)5-12/h2-5,9,16,20H,6-8H2,1H3,(H2,25,27)(H,26,35)(H,28,36)(H,38,39)/t16?,20-/m0/s1. The fraction of sp³-hybridized carbons (Fsp3) is 0.261. The molecule has 4 heterocycles. The number of aryl methyl sites for hydroxylation is 1. The summed E-state index contributed by atoms with van der Waals surface area (Å²) in [5, 5.41) is 31.9. The molecule has 0 aliphatic carbocycles. The third kappa shape index (κ3) is 6.74. The summed E-state index contributed by atoms with van der Waals surface area (Å²) < 4.78 is 1.45. The number of rotatable bonds is 11. The van der Waals surface area contributed by atoms with Crippen molar-refractivity contribution in [3.63, 3.8) is 0 Å². The Kier molecular flexibility index (Phi) is 9.14. The lowest BCUT2D eigenvalue weighted by Crippen LogP contribution is -2.71. The number of halogens is 1. The molecule has 0 bridgehead atoms. The monoisotopic (exact) mass is 664 g/mol. The summed E-state index contributed by atoms with van der Waals surface area (Å²) in [6.45, 7) is -0.546. The normalized spacial score (nSPS) is 18.1. The topological polar surface area (TPSA) is 220 Å². The number of nitrogens with two attached hydrogens (primary N) is 1. The number of nitrogen functional groups attached to an aromatic ring is 1. The molecule has 2 aliphatic rings. The average molecular weight is 665 g/mol. The molecule has 2 aliphatic heterocycles. The highest BCUT2D eigenvalue weighted by Gasteiger charge is 2.54. The minimum absolute atomic E-state index is 0.0684. The molecule has 2 atom stereocenters. The first-order chi connectivity index (χ1) is 20.6. The van der Waals surface area contributed by atoms with E-state index in [1.165, 1.54) is 33.6 Å². The number of tetrazole rings is 1. The lowest BCUT2D eigenvalue weighted by atomic mass is 10.0. The van der Waals surface area contributed by atoms with Crippen LogP contribution in [0.25, 0.3) is 0 Å². The Morgan fingerprint density at radius 2 is 2.16 bits per heavy atom. The molecule has 224 valence electrons. The van der Waals surface area contributed by atoms with Crippen molar-refractivity contribution in [2.24, 2.45) is 12.2 Å². The highest BCUT2D eigenvalue weighted by Crippen LogP contribution is 2.41. The van der Waals surface area contributed by atoms with Crippen molar-refractivity contribution in [3.8, 4) is 0 Å². The summed E-state index contributed by atoms with van der Waals surface area (Å²) >= 11 is 9.52. The summed E-state index contributed by atoms with van der Waals surface area (Å²) in [4.78, 5) is 61.2. The number of aliphatic carboxylic acids is 1. The lowest BCUT2D eigenvalue weighted by molar-refractivity contribution is -0.150. The fourth-order valence-corrected chi connectivity index (χ4v) is 7.09. The predicted molar refractivity (Wildman–Crippen MR) is 158 cm³/mol. The Balaban J connectivity index is 1.26. The van der Waals surface area contributed by atoms with Crippen molar-refractivity contribution in [1.29, 1.82) is 0 Å². The highest BCUT2D eigenvalue weighted by atomic mass is 35.5. The van der Waals surface area contributed by atoms with E-state index in [1.807, 2.05) is 0 Å². The Bertz CT molecular complexity index is 1660. The number of amides is 3. The maximum atomic E-state index is 13.3. The molecule has 16 nitrogen and oxygen atoms in total. The van der Waals surface area contributed by atoms with Crippen LogP contribution < -0.4 is 16.4 Å². The van der Waals surface area contributed by atoms with Gasteiger partial charge in [0, 0.05) is 34.6 Å². The van der Waals surface area contributed by atoms with Crippen LogP contribution in [-0.4, -0.2) is 94.1 Å². The van der Waals surface area contributed by atoms with E-state index in [2.05, 4.69) is 36.3 Å². The van der Waals surface area contributed by atoms with E-state index in [4.69, 9.17) is 22.2 Å². The second-order valence-electron chi connectivity index (χ2n) is 8.83. The van der Waals surface area contributed by atoms with Gasteiger partial charge in [-0.3, -0.25) is 19.3 Å². The van der Waals surface area contributed by atoms with Gasteiger partial charge in [-0.2, -0.15) is 0 Å². The largest absolute Gasteiger partial charge is 0.477 e. The Morgan fingerprint density at radius 1 is 1.35 bits per heavy atom. The molecule has 1 fully saturated rings. The van der Waals surface area contributed by atoms with Gasteiger partial charge < -0.3 is 26.3 Å². The number of β-lactam (4-membered cyclic amide) rings is 1. The van der Waals surface area contributed by atoms with Crippen molar-refractivity contribution in [3.05, 3.63) is 51.6 Å². The molecule has 5 rings (SSSR count). The molecule has 3 aromatic rings. The van der Waals surface area contributed by atoms with E-state index in [0.717, 1.165) is 16.2 Å². The van der Waals surface area contributed by atoms with E-state index < -0.39 is 41.7 Å². The van der Waals surface area contributed by atoms with Gasteiger partial charge in [0.2, 0.25) is 5.16 Å². The number of nitrogens with one attached hydrogen (secondary N) is 2. The van der Waals surface area contributed by atoms with Gasteiger partial charge in [0.1, 0.15) is 22.8 Å². The number of hydrogen-bond donors (Lipinski definition) is 4. The molecule has 1 saturated heterocycles. The average Bonchev–Trinajstić information content (AvgIpc) is 3.59. The maximum Gasteiger partial charge on any atom is 0.352 e. The van der Waals surface area contributed by atoms with Gasteiger partial charge in [-0.05, 0) is 34.2 Å². The third-order valence-corrected chi connectivity index (χ3v) is 9.28. The van der Waals surface area contributed by atoms with Crippen LogP contribution in [0.3, 0.4) is 0 Å². The van der Waals surface area contributed by atoms with Crippen molar-refractivity contribution < 1.29 is 29.1 Å². The van der Waals surface area contributed by atoms with Gasteiger partial charge in [0.15, 0.2) is 17.5 Å². The lowest BCUT2D eigenvalue weighted by Gasteiger charge is -2.49. The molecule has 2 aromatic heterocycles. The molecule has 0 spiro atoms. The molecule has 20 heteroatoms. The smallest absolute Gasteiger partial charge is 0.352 e. The van der Waals surface area contributed by atoms with Crippen LogP contribution in [0.15, 0.2) is 51.2 Å². The summed E-state index contributed by atoms with van der Waals surface area (Å²) in [6, 6.07) is 5.44.